The molecule has 0 spiro atoms. The van der Waals surface area contributed by atoms with Crippen molar-refractivity contribution < 1.29 is 5.11 Å². The molecule has 0 aromatic heterocycles. The highest BCUT2D eigenvalue weighted by molar-refractivity contribution is 6.42. The number of aliphatic hydroxyl groups excluding tert-OH is 1. The second-order valence-corrected chi connectivity index (χ2v) is 7.94. The smallest absolute Gasteiger partial charge is 0.0595 e. The van der Waals surface area contributed by atoms with Crippen LogP contribution in [0.1, 0.15) is 29.9 Å². The summed E-state index contributed by atoms with van der Waals surface area (Å²) < 4.78 is 0. The largest absolute Gasteiger partial charge is 0.393 e. The molecule has 3 nitrogen and oxygen atoms in total. The normalized spacial score (nSPS) is 22.3. The number of nitrogens with zero attached hydrogens (tertiary/aromatic N) is 1. The number of likely N-dealkylation sites (tertiary alicyclic amines) is 1. The third-order valence-corrected chi connectivity index (χ3v) is 6.01. The number of benzene rings is 2. The van der Waals surface area contributed by atoms with E-state index in [1.165, 1.54) is 5.56 Å². The Bertz CT molecular complexity index is 710. The Hall–Kier alpha value is -1.10. The van der Waals surface area contributed by atoms with Gasteiger partial charge in [-0.3, -0.25) is 0 Å². The molecule has 0 amide bonds. The van der Waals surface area contributed by atoms with Gasteiger partial charge in [0.1, 0.15) is 0 Å². The summed E-state index contributed by atoms with van der Waals surface area (Å²) in [6.07, 6.45) is 1.36. The molecule has 26 heavy (non-hydrogen) atoms. The SMILES string of the molecule is CN1CCC(O)CC1C(CNCc1ccccc1)c1ccc(Cl)c(Cl)c1. The lowest BCUT2D eigenvalue weighted by atomic mass is 9.84. The van der Waals surface area contributed by atoms with Crippen molar-refractivity contribution in [1.82, 2.24) is 10.2 Å². The number of likely N-dealkylation sites (N-methyl/N-ethyl adjacent to an activating group) is 1. The maximum Gasteiger partial charge on any atom is 0.0595 e. The quantitative estimate of drug-likeness (QED) is 0.767. The van der Waals surface area contributed by atoms with E-state index < -0.39 is 0 Å². The standard InChI is InChI=1S/C21H26Cl2N2O/c1-25-10-9-17(26)12-21(25)18(16-7-8-19(22)20(23)11-16)14-24-13-15-5-3-2-4-6-15/h2-8,11,17-18,21,24,26H,9-10,12-14H2,1H3. The van der Waals surface area contributed by atoms with Crippen LogP contribution in [0.25, 0.3) is 0 Å². The number of halogens is 2. The zero-order chi connectivity index (χ0) is 18.5. The van der Waals surface area contributed by atoms with Crippen LogP contribution in [0.4, 0.5) is 0 Å². The fourth-order valence-electron chi connectivity index (χ4n) is 3.75. The first-order valence-corrected chi connectivity index (χ1v) is 9.88. The first-order chi connectivity index (χ1) is 12.5. The third-order valence-electron chi connectivity index (χ3n) is 5.27. The highest BCUT2D eigenvalue weighted by atomic mass is 35.5. The summed E-state index contributed by atoms with van der Waals surface area (Å²) in [5.74, 6) is 0.230. The van der Waals surface area contributed by atoms with Gasteiger partial charge in [-0.15, -0.1) is 0 Å². The number of piperidine rings is 1. The first-order valence-electron chi connectivity index (χ1n) is 9.12. The number of nitrogens with one attached hydrogen (secondary N) is 1. The topological polar surface area (TPSA) is 35.5 Å². The van der Waals surface area contributed by atoms with E-state index in [9.17, 15) is 5.11 Å². The molecule has 1 heterocycles. The summed E-state index contributed by atoms with van der Waals surface area (Å²) in [4.78, 5) is 2.35. The van der Waals surface area contributed by atoms with Gasteiger partial charge in [0, 0.05) is 31.6 Å². The summed E-state index contributed by atoms with van der Waals surface area (Å²) in [5, 5.41) is 14.9. The molecule has 0 aliphatic carbocycles. The van der Waals surface area contributed by atoms with Gasteiger partial charge in [-0.1, -0.05) is 59.6 Å². The number of rotatable bonds is 6. The van der Waals surface area contributed by atoms with E-state index in [1.807, 2.05) is 18.2 Å². The minimum Gasteiger partial charge on any atom is -0.393 e. The fourth-order valence-corrected chi connectivity index (χ4v) is 4.06. The molecule has 3 unspecified atom stereocenters. The van der Waals surface area contributed by atoms with Crippen molar-refractivity contribution in [3.8, 4) is 0 Å². The van der Waals surface area contributed by atoms with E-state index in [0.29, 0.717) is 10.0 Å². The van der Waals surface area contributed by atoms with E-state index in [2.05, 4.69) is 47.6 Å². The van der Waals surface area contributed by atoms with Gasteiger partial charge in [0.15, 0.2) is 0 Å². The van der Waals surface area contributed by atoms with Crippen LogP contribution >= 0.6 is 23.2 Å². The molecular weight excluding hydrogens is 367 g/mol. The van der Waals surface area contributed by atoms with Crippen molar-refractivity contribution in [1.29, 1.82) is 0 Å². The third kappa shape index (κ3) is 4.99. The summed E-state index contributed by atoms with van der Waals surface area (Å²) in [6.45, 7) is 2.54. The Kier molecular flexibility index (Phi) is 6.96. The van der Waals surface area contributed by atoms with Crippen LogP contribution in [-0.2, 0) is 6.54 Å². The number of aliphatic hydroxyl groups is 1. The molecule has 0 bridgehead atoms. The molecule has 1 aliphatic rings. The predicted octanol–water partition coefficient (Wildman–Crippen LogP) is 4.32. The van der Waals surface area contributed by atoms with Gasteiger partial charge in [-0.2, -0.15) is 0 Å². The molecule has 140 valence electrons. The van der Waals surface area contributed by atoms with E-state index >= 15 is 0 Å². The van der Waals surface area contributed by atoms with Gasteiger partial charge in [0.05, 0.1) is 16.1 Å². The molecule has 0 radical (unpaired) electrons. The van der Waals surface area contributed by atoms with Crippen molar-refractivity contribution in [2.75, 3.05) is 20.1 Å². The fraction of sp³-hybridized carbons (Fsp3) is 0.429. The Morgan fingerprint density at radius 1 is 1.15 bits per heavy atom. The van der Waals surface area contributed by atoms with Crippen LogP contribution in [0.2, 0.25) is 10.0 Å². The van der Waals surface area contributed by atoms with E-state index in [1.54, 1.807) is 0 Å². The first kappa shape index (κ1) is 19.7. The molecule has 3 atom stereocenters. The van der Waals surface area contributed by atoms with E-state index in [0.717, 1.165) is 38.0 Å². The Morgan fingerprint density at radius 3 is 2.65 bits per heavy atom. The Labute approximate surface area is 165 Å². The highest BCUT2D eigenvalue weighted by Gasteiger charge is 2.32. The maximum absolute atomic E-state index is 10.2. The van der Waals surface area contributed by atoms with Crippen LogP contribution in [0.3, 0.4) is 0 Å². The molecule has 0 saturated carbocycles. The van der Waals surface area contributed by atoms with Gasteiger partial charge in [-0.05, 0) is 43.1 Å². The average molecular weight is 393 g/mol. The second-order valence-electron chi connectivity index (χ2n) is 7.12. The molecule has 1 saturated heterocycles. The second kappa shape index (κ2) is 9.20. The number of hydrogen-bond donors (Lipinski definition) is 2. The molecular formula is C21H26Cl2N2O. The molecule has 2 aromatic carbocycles. The lowest BCUT2D eigenvalue weighted by molar-refractivity contribution is 0.0445. The molecule has 2 N–H and O–H groups in total. The van der Waals surface area contributed by atoms with Gasteiger partial charge in [-0.25, -0.2) is 0 Å². The maximum atomic E-state index is 10.2. The van der Waals surface area contributed by atoms with Crippen LogP contribution in [0, 0.1) is 0 Å². The van der Waals surface area contributed by atoms with Crippen LogP contribution in [-0.4, -0.2) is 42.3 Å². The number of hydrogen-bond acceptors (Lipinski definition) is 3. The summed E-state index contributed by atoms with van der Waals surface area (Å²) >= 11 is 12.4. The van der Waals surface area contributed by atoms with E-state index in [-0.39, 0.29) is 18.1 Å². The van der Waals surface area contributed by atoms with E-state index in [4.69, 9.17) is 23.2 Å². The molecule has 1 fully saturated rings. The van der Waals surface area contributed by atoms with Crippen LogP contribution in [0.5, 0.6) is 0 Å². The van der Waals surface area contributed by atoms with Gasteiger partial charge < -0.3 is 15.3 Å². The highest BCUT2D eigenvalue weighted by Crippen LogP contribution is 2.33. The molecule has 5 heteroatoms. The van der Waals surface area contributed by atoms with Crippen molar-refractivity contribution in [3.05, 3.63) is 69.7 Å². The molecule has 1 aliphatic heterocycles. The summed E-state index contributed by atoms with van der Waals surface area (Å²) in [7, 11) is 2.14. The lowest BCUT2D eigenvalue weighted by Gasteiger charge is -2.40. The Morgan fingerprint density at radius 2 is 1.92 bits per heavy atom. The van der Waals surface area contributed by atoms with Gasteiger partial charge >= 0.3 is 0 Å². The monoisotopic (exact) mass is 392 g/mol. The lowest BCUT2D eigenvalue weighted by Crippen LogP contribution is -2.47. The van der Waals surface area contributed by atoms with Crippen LogP contribution in [0.15, 0.2) is 48.5 Å². The van der Waals surface area contributed by atoms with Gasteiger partial charge in [0.2, 0.25) is 0 Å². The van der Waals surface area contributed by atoms with Crippen molar-refractivity contribution in [2.45, 2.75) is 37.5 Å². The zero-order valence-corrected chi connectivity index (χ0v) is 16.5. The molecule has 3 rings (SSSR count). The predicted molar refractivity (Wildman–Crippen MR) is 109 cm³/mol. The van der Waals surface area contributed by atoms with Gasteiger partial charge in [0.25, 0.3) is 0 Å². The summed E-state index contributed by atoms with van der Waals surface area (Å²) in [6, 6.07) is 16.5. The zero-order valence-electron chi connectivity index (χ0n) is 15.0. The molecule has 2 aromatic rings. The summed E-state index contributed by atoms with van der Waals surface area (Å²) in [5.41, 5.74) is 2.42. The van der Waals surface area contributed by atoms with Crippen molar-refractivity contribution in [3.63, 3.8) is 0 Å². The van der Waals surface area contributed by atoms with Crippen molar-refractivity contribution in [2.24, 2.45) is 0 Å². The Balaban J connectivity index is 1.77. The minimum absolute atomic E-state index is 0.230. The minimum atomic E-state index is -0.240. The van der Waals surface area contributed by atoms with Crippen LogP contribution < -0.4 is 5.32 Å². The van der Waals surface area contributed by atoms with Crippen molar-refractivity contribution >= 4 is 23.2 Å². The average Bonchev–Trinajstić information content (AvgIpc) is 2.64.